The maximum absolute atomic E-state index is 11.6. The van der Waals surface area contributed by atoms with Gasteiger partial charge in [-0.25, -0.2) is 4.98 Å². The molecule has 0 amide bonds. The smallest absolute Gasteiger partial charge is 0.309 e. The minimum atomic E-state index is -0.244. The number of ether oxygens (including phenoxy) is 1. The second-order valence-corrected chi connectivity index (χ2v) is 9.43. The van der Waals surface area contributed by atoms with Gasteiger partial charge in [-0.1, -0.05) is 13.3 Å². The minimum absolute atomic E-state index is 0.244. The van der Waals surface area contributed by atoms with Crippen LogP contribution in [0.4, 0.5) is 0 Å². The Morgan fingerprint density at radius 1 is 1.19 bits per heavy atom. The Bertz CT molecular complexity index is 641. The summed E-state index contributed by atoms with van der Waals surface area (Å²) in [5.41, 5.74) is 1.40. The van der Waals surface area contributed by atoms with Gasteiger partial charge in [0.15, 0.2) is 0 Å². The van der Waals surface area contributed by atoms with Crippen LogP contribution in [0.25, 0.3) is 0 Å². The molecule has 4 bridgehead atoms. The van der Waals surface area contributed by atoms with Crippen LogP contribution in [-0.2, 0) is 17.8 Å². The zero-order valence-electron chi connectivity index (χ0n) is 16.7. The van der Waals surface area contributed by atoms with E-state index in [0.717, 1.165) is 55.1 Å². The average Bonchev–Trinajstić information content (AvgIpc) is 2.84. The van der Waals surface area contributed by atoms with Crippen molar-refractivity contribution in [1.29, 1.82) is 0 Å². The highest BCUT2D eigenvalue weighted by molar-refractivity contribution is 5.69. The van der Waals surface area contributed by atoms with E-state index in [1.165, 1.54) is 51.9 Å². The van der Waals surface area contributed by atoms with Gasteiger partial charge in [0.05, 0.1) is 0 Å². The summed E-state index contributed by atoms with van der Waals surface area (Å²) in [4.78, 5) is 16.4. The number of aromatic nitrogens is 2. The first-order chi connectivity index (χ1) is 12.5. The number of imidazole rings is 1. The molecule has 5 rings (SSSR count). The summed E-state index contributed by atoms with van der Waals surface area (Å²) in [6.45, 7) is 6.62. The number of esters is 1. The fraction of sp³-hybridized carbons (Fsp3) is 0.818. The fourth-order valence-electron chi connectivity index (χ4n) is 6.58. The van der Waals surface area contributed by atoms with Crippen molar-refractivity contribution in [3.63, 3.8) is 0 Å². The Balaban J connectivity index is 1.54. The third-order valence-electron chi connectivity index (χ3n) is 7.19. The van der Waals surface area contributed by atoms with Crippen LogP contribution in [0.5, 0.6) is 5.88 Å². The van der Waals surface area contributed by atoms with Crippen LogP contribution >= 0.6 is 0 Å². The lowest BCUT2D eigenvalue weighted by atomic mass is 9.49. The van der Waals surface area contributed by atoms with Crippen LogP contribution in [-0.4, -0.2) is 15.5 Å². The third-order valence-corrected chi connectivity index (χ3v) is 7.19. The number of unbranched alkanes of at least 4 members (excludes halogenated alkanes) is 1. The Morgan fingerprint density at radius 3 is 2.35 bits per heavy atom. The first-order valence-electron chi connectivity index (χ1n) is 10.7. The Kier molecular flexibility index (Phi) is 4.87. The first-order valence-corrected chi connectivity index (χ1v) is 10.7. The molecule has 4 saturated carbocycles. The molecule has 1 heterocycles. The van der Waals surface area contributed by atoms with Crippen molar-refractivity contribution < 1.29 is 9.53 Å². The van der Waals surface area contributed by atoms with Crippen molar-refractivity contribution in [1.82, 2.24) is 9.55 Å². The van der Waals surface area contributed by atoms with Crippen LogP contribution < -0.4 is 4.74 Å². The summed E-state index contributed by atoms with van der Waals surface area (Å²) in [6, 6.07) is 0. The quantitative estimate of drug-likeness (QED) is 0.640. The molecule has 4 aliphatic rings. The molecule has 144 valence electrons. The molecule has 0 atom stereocenters. The van der Waals surface area contributed by atoms with Crippen molar-refractivity contribution >= 4 is 5.97 Å². The number of aryl methyl sites for hydroxylation is 2. The molecule has 0 spiro atoms. The number of hydrogen-bond acceptors (Lipinski definition) is 3. The summed E-state index contributed by atoms with van der Waals surface area (Å²) in [5.74, 6) is 4.50. The van der Waals surface area contributed by atoms with E-state index in [4.69, 9.17) is 9.72 Å². The van der Waals surface area contributed by atoms with Crippen molar-refractivity contribution in [3.05, 3.63) is 11.5 Å². The van der Waals surface area contributed by atoms with E-state index < -0.39 is 0 Å². The molecule has 0 aliphatic heterocycles. The third kappa shape index (κ3) is 3.44. The van der Waals surface area contributed by atoms with E-state index >= 15 is 0 Å². The van der Waals surface area contributed by atoms with Gasteiger partial charge in [0.1, 0.15) is 11.5 Å². The van der Waals surface area contributed by atoms with Gasteiger partial charge in [-0.15, -0.1) is 0 Å². The molecule has 4 nitrogen and oxygen atoms in total. The van der Waals surface area contributed by atoms with Gasteiger partial charge in [-0.3, -0.25) is 9.36 Å². The summed E-state index contributed by atoms with van der Waals surface area (Å²) in [7, 11) is 0. The molecule has 0 N–H and O–H groups in total. The van der Waals surface area contributed by atoms with Crippen LogP contribution in [0, 0.1) is 30.1 Å². The topological polar surface area (TPSA) is 44.1 Å². The molecular formula is C22H34N2O2. The number of hydrogen-bond donors (Lipinski definition) is 0. The lowest BCUT2D eigenvalue weighted by Crippen LogP contribution is -2.46. The second kappa shape index (κ2) is 7.01. The predicted octanol–water partition coefficient (Wildman–Crippen LogP) is 5.07. The molecule has 1 aromatic heterocycles. The molecule has 0 saturated heterocycles. The Morgan fingerprint density at radius 2 is 1.81 bits per heavy atom. The second-order valence-electron chi connectivity index (χ2n) is 9.43. The molecule has 0 radical (unpaired) electrons. The highest BCUT2D eigenvalue weighted by Gasteiger charge is 2.50. The first kappa shape index (κ1) is 18.1. The van der Waals surface area contributed by atoms with Gasteiger partial charge in [0.2, 0.25) is 5.88 Å². The van der Waals surface area contributed by atoms with Gasteiger partial charge in [0.25, 0.3) is 0 Å². The lowest BCUT2D eigenvalue weighted by Gasteiger charge is -2.57. The summed E-state index contributed by atoms with van der Waals surface area (Å²) in [6.07, 6.45) is 13.2. The van der Waals surface area contributed by atoms with Crippen LogP contribution in [0.3, 0.4) is 0 Å². The zero-order valence-corrected chi connectivity index (χ0v) is 16.7. The van der Waals surface area contributed by atoms with Crippen molar-refractivity contribution in [3.8, 4) is 5.88 Å². The van der Waals surface area contributed by atoms with Crippen LogP contribution in [0.15, 0.2) is 0 Å². The van der Waals surface area contributed by atoms with Crippen molar-refractivity contribution in [2.45, 2.75) is 91.5 Å². The molecular weight excluding hydrogens is 324 g/mol. The maximum Gasteiger partial charge on any atom is 0.309 e. The highest BCUT2D eigenvalue weighted by atomic mass is 16.5. The number of nitrogens with zero attached hydrogens (tertiary/aromatic N) is 2. The van der Waals surface area contributed by atoms with Crippen molar-refractivity contribution in [2.24, 2.45) is 23.2 Å². The number of carbonyl (C=O) groups excluding carboxylic acids is 1. The van der Waals surface area contributed by atoms with Gasteiger partial charge in [-0.2, -0.15) is 0 Å². The highest BCUT2D eigenvalue weighted by Crippen LogP contribution is 2.61. The predicted molar refractivity (Wildman–Crippen MR) is 102 cm³/mol. The zero-order chi connectivity index (χ0) is 18.3. The maximum atomic E-state index is 11.6. The molecule has 4 fully saturated rings. The SMILES string of the molecule is CCCCc1nc(C)c(OC(C)=O)n1CCC12CC3CC(CC(C3)C1)C2. The summed E-state index contributed by atoms with van der Waals surface area (Å²) >= 11 is 0. The van der Waals surface area contributed by atoms with E-state index in [-0.39, 0.29) is 5.97 Å². The normalized spacial score (nSPS) is 32.2. The van der Waals surface area contributed by atoms with Gasteiger partial charge in [-0.05, 0) is 81.5 Å². The minimum Gasteiger partial charge on any atom is -0.407 e. The summed E-state index contributed by atoms with van der Waals surface area (Å²) in [5, 5.41) is 0. The van der Waals surface area contributed by atoms with Gasteiger partial charge in [0, 0.05) is 19.9 Å². The Hall–Kier alpha value is -1.32. The molecule has 0 aromatic carbocycles. The largest absolute Gasteiger partial charge is 0.407 e. The monoisotopic (exact) mass is 358 g/mol. The van der Waals surface area contributed by atoms with Crippen LogP contribution in [0.1, 0.15) is 83.2 Å². The van der Waals surface area contributed by atoms with E-state index in [9.17, 15) is 4.79 Å². The summed E-state index contributed by atoms with van der Waals surface area (Å²) < 4.78 is 7.80. The molecule has 4 heteroatoms. The molecule has 4 aliphatic carbocycles. The number of carbonyl (C=O) groups is 1. The van der Waals surface area contributed by atoms with Crippen molar-refractivity contribution in [2.75, 3.05) is 0 Å². The van der Waals surface area contributed by atoms with Gasteiger partial charge >= 0.3 is 5.97 Å². The fourth-order valence-corrected chi connectivity index (χ4v) is 6.58. The van der Waals surface area contributed by atoms with Crippen LogP contribution in [0.2, 0.25) is 0 Å². The molecule has 26 heavy (non-hydrogen) atoms. The molecule has 1 aromatic rings. The Labute approximate surface area is 157 Å². The standard InChI is InChI=1S/C22H34N2O2/c1-4-5-6-20-23-15(2)21(26-16(3)25)24(20)8-7-22-12-17-9-18(13-22)11-19(10-17)14-22/h17-19H,4-14H2,1-3H3. The molecule has 0 unspecified atom stereocenters. The van der Waals surface area contributed by atoms with Gasteiger partial charge < -0.3 is 4.74 Å². The average molecular weight is 359 g/mol. The van der Waals surface area contributed by atoms with E-state index in [0.29, 0.717) is 11.3 Å². The number of rotatable bonds is 7. The lowest BCUT2D eigenvalue weighted by molar-refractivity contribution is -0.132. The van der Waals surface area contributed by atoms with E-state index in [1.807, 2.05) is 6.92 Å². The van der Waals surface area contributed by atoms with E-state index in [1.54, 1.807) is 0 Å². The van der Waals surface area contributed by atoms with E-state index in [2.05, 4.69) is 11.5 Å².